The van der Waals surface area contributed by atoms with Crippen LogP contribution in [-0.2, 0) is 24.3 Å². The van der Waals surface area contributed by atoms with Gasteiger partial charge >= 0.3 is 6.18 Å². The highest BCUT2D eigenvalue weighted by molar-refractivity contribution is 14.0. The van der Waals surface area contributed by atoms with Gasteiger partial charge in [0.15, 0.2) is 11.8 Å². The molecule has 0 aromatic carbocycles. The van der Waals surface area contributed by atoms with E-state index in [4.69, 9.17) is 4.74 Å². The van der Waals surface area contributed by atoms with Gasteiger partial charge in [-0.1, -0.05) is 0 Å². The number of aliphatic imine (C=N–C) groups is 1. The standard InChI is InChI=1S/C13H21F3N6O.HI/c1-17-12(18-6-5-13(14,15)16)19-9-3-4-11-20-10(8-23-2)21-22(11)7-9;/h9H,3-8H2,1-2H3,(H2,17,18,19);1H. The zero-order chi connectivity index (χ0) is 16.9. The van der Waals surface area contributed by atoms with Crippen molar-refractivity contribution < 1.29 is 17.9 Å². The number of ether oxygens (including phenoxy) is 1. The molecule has 2 rings (SSSR count). The summed E-state index contributed by atoms with van der Waals surface area (Å²) in [7, 11) is 3.12. The average molecular weight is 462 g/mol. The summed E-state index contributed by atoms with van der Waals surface area (Å²) in [5, 5.41) is 10.2. The van der Waals surface area contributed by atoms with Gasteiger partial charge in [0, 0.05) is 33.2 Å². The largest absolute Gasteiger partial charge is 0.390 e. The second kappa shape index (κ2) is 9.39. The van der Waals surface area contributed by atoms with Crippen LogP contribution in [0.2, 0.25) is 0 Å². The molecule has 1 aliphatic rings. The summed E-state index contributed by atoms with van der Waals surface area (Å²) in [5.74, 6) is 1.89. The fourth-order valence-electron chi connectivity index (χ4n) is 2.38. The topological polar surface area (TPSA) is 76.4 Å². The quantitative estimate of drug-likeness (QED) is 0.394. The van der Waals surface area contributed by atoms with Crippen molar-refractivity contribution in [3.05, 3.63) is 11.6 Å². The van der Waals surface area contributed by atoms with E-state index < -0.39 is 12.6 Å². The molecule has 7 nitrogen and oxygen atoms in total. The summed E-state index contributed by atoms with van der Waals surface area (Å²) in [6.07, 6.45) is -3.52. The molecule has 2 N–H and O–H groups in total. The van der Waals surface area contributed by atoms with Gasteiger partial charge in [0.25, 0.3) is 0 Å². The number of nitrogens with zero attached hydrogens (tertiary/aromatic N) is 4. The van der Waals surface area contributed by atoms with Gasteiger partial charge in [-0.3, -0.25) is 4.99 Å². The lowest BCUT2D eigenvalue weighted by Gasteiger charge is -2.25. The van der Waals surface area contributed by atoms with Crippen molar-refractivity contribution >= 4 is 29.9 Å². The lowest BCUT2D eigenvalue weighted by molar-refractivity contribution is -0.132. The van der Waals surface area contributed by atoms with E-state index in [-0.39, 0.29) is 36.6 Å². The molecule has 0 amide bonds. The van der Waals surface area contributed by atoms with Gasteiger partial charge in [-0.25, -0.2) is 9.67 Å². The molecule has 0 radical (unpaired) electrons. The van der Waals surface area contributed by atoms with Crippen LogP contribution in [0, 0.1) is 0 Å². The molecule has 11 heteroatoms. The molecular formula is C13H22F3IN6O. The Morgan fingerprint density at radius 1 is 1.46 bits per heavy atom. The fourth-order valence-corrected chi connectivity index (χ4v) is 2.38. The van der Waals surface area contributed by atoms with Crippen molar-refractivity contribution in [1.29, 1.82) is 0 Å². The van der Waals surface area contributed by atoms with Crippen molar-refractivity contribution in [3.63, 3.8) is 0 Å². The maximum atomic E-state index is 12.2. The predicted octanol–water partition coefficient (Wildman–Crippen LogP) is 1.47. The molecule has 0 bridgehead atoms. The number of guanidine groups is 1. The van der Waals surface area contributed by atoms with E-state index in [0.717, 1.165) is 18.7 Å². The predicted molar refractivity (Wildman–Crippen MR) is 93.4 cm³/mol. The van der Waals surface area contributed by atoms with Crippen molar-refractivity contribution in [2.75, 3.05) is 20.7 Å². The van der Waals surface area contributed by atoms with Crippen LogP contribution in [0.5, 0.6) is 0 Å². The zero-order valence-electron chi connectivity index (χ0n) is 13.6. The average Bonchev–Trinajstić information content (AvgIpc) is 2.87. The van der Waals surface area contributed by atoms with Crippen molar-refractivity contribution in [3.8, 4) is 0 Å². The highest BCUT2D eigenvalue weighted by atomic mass is 127. The molecule has 0 spiro atoms. The van der Waals surface area contributed by atoms with Crippen molar-refractivity contribution in [2.45, 2.75) is 44.6 Å². The first-order valence-electron chi connectivity index (χ1n) is 7.36. The molecule has 2 heterocycles. The van der Waals surface area contributed by atoms with E-state index in [9.17, 15) is 13.2 Å². The van der Waals surface area contributed by atoms with Crippen LogP contribution in [0.4, 0.5) is 13.2 Å². The molecule has 0 fully saturated rings. The monoisotopic (exact) mass is 462 g/mol. The smallest absolute Gasteiger partial charge is 0.377 e. The Balaban J connectivity index is 0.00000288. The second-order valence-corrected chi connectivity index (χ2v) is 5.30. The van der Waals surface area contributed by atoms with Gasteiger partial charge in [-0.05, 0) is 6.42 Å². The lowest BCUT2D eigenvalue weighted by atomic mass is 10.1. The Morgan fingerprint density at radius 2 is 2.21 bits per heavy atom. The van der Waals surface area contributed by atoms with Gasteiger partial charge in [-0.2, -0.15) is 18.3 Å². The molecule has 138 valence electrons. The van der Waals surface area contributed by atoms with Crippen LogP contribution in [-0.4, -0.2) is 53.6 Å². The molecule has 1 atom stereocenters. The highest BCUT2D eigenvalue weighted by Crippen LogP contribution is 2.18. The van der Waals surface area contributed by atoms with Crippen LogP contribution in [0.1, 0.15) is 24.5 Å². The number of hydrogen-bond donors (Lipinski definition) is 2. The Bertz CT molecular complexity index is 548. The van der Waals surface area contributed by atoms with Crippen LogP contribution >= 0.6 is 24.0 Å². The van der Waals surface area contributed by atoms with E-state index in [2.05, 4.69) is 25.7 Å². The van der Waals surface area contributed by atoms with Crippen LogP contribution in [0.15, 0.2) is 4.99 Å². The van der Waals surface area contributed by atoms with Crippen LogP contribution < -0.4 is 10.6 Å². The second-order valence-electron chi connectivity index (χ2n) is 5.30. The first-order valence-corrected chi connectivity index (χ1v) is 7.36. The minimum Gasteiger partial charge on any atom is -0.377 e. The van der Waals surface area contributed by atoms with Gasteiger partial charge in [0.2, 0.25) is 0 Å². The van der Waals surface area contributed by atoms with E-state index >= 15 is 0 Å². The summed E-state index contributed by atoms with van der Waals surface area (Å²) in [5.41, 5.74) is 0. The molecule has 1 aliphatic heterocycles. The molecule has 0 aliphatic carbocycles. The van der Waals surface area contributed by atoms with Crippen molar-refractivity contribution in [2.24, 2.45) is 4.99 Å². The first kappa shape index (κ1) is 20.9. The Hall–Kier alpha value is -1.11. The molecule has 0 saturated heterocycles. The van der Waals surface area contributed by atoms with Crippen molar-refractivity contribution in [1.82, 2.24) is 25.4 Å². The number of alkyl halides is 3. The maximum Gasteiger partial charge on any atom is 0.390 e. The minimum atomic E-state index is -4.18. The summed E-state index contributed by atoms with van der Waals surface area (Å²) in [6.45, 7) is 0.743. The van der Waals surface area contributed by atoms with Gasteiger partial charge in [0.05, 0.1) is 13.0 Å². The molecular weight excluding hydrogens is 440 g/mol. The number of methoxy groups -OCH3 is 1. The van der Waals surface area contributed by atoms with E-state index in [1.54, 1.807) is 11.8 Å². The Kier molecular flexibility index (Phi) is 8.19. The van der Waals surface area contributed by atoms with Crippen LogP contribution in [0.25, 0.3) is 0 Å². The molecule has 24 heavy (non-hydrogen) atoms. The number of rotatable bonds is 5. The number of aromatic nitrogens is 3. The third-order valence-corrected chi connectivity index (χ3v) is 3.44. The normalized spacial score (nSPS) is 17.9. The zero-order valence-corrected chi connectivity index (χ0v) is 15.9. The third-order valence-electron chi connectivity index (χ3n) is 3.44. The molecule has 1 aromatic heterocycles. The summed E-state index contributed by atoms with van der Waals surface area (Å²) in [4.78, 5) is 8.33. The van der Waals surface area contributed by atoms with E-state index in [1.807, 2.05) is 0 Å². The molecule has 1 unspecified atom stereocenters. The summed E-state index contributed by atoms with van der Waals surface area (Å²) in [6, 6.07) is 0.0386. The fraction of sp³-hybridized carbons (Fsp3) is 0.769. The van der Waals surface area contributed by atoms with Gasteiger partial charge in [0.1, 0.15) is 12.4 Å². The number of aryl methyl sites for hydroxylation is 1. The number of hydrogen-bond acceptors (Lipinski definition) is 4. The maximum absolute atomic E-state index is 12.2. The van der Waals surface area contributed by atoms with E-state index in [1.165, 1.54) is 7.05 Å². The number of nitrogens with one attached hydrogen (secondary N) is 2. The van der Waals surface area contributed by atoms with Crippen LogP contribution in [0.3, 0.4) is 0 Å². The number of fused-ring (bicyclic) bond motifs is 1. The van der Waals surface area contributed by atoms with Gasteiger partial charge < -0.3 is 15.4 Å². The molecule has 0 saturated carbocycles. The lowest BCUT2D eigenvalue weighted by Crippen LogP contribution is -2.47. The van der Waals surface area contributed by atoms with Gasteiger partial charge in [-0.15, -0.1) is 24.0 Å². The number of halogens is 4. The third kappa shape index (κ3) is 6.42. The Morgan fingerprint density at radius 3 is 2.83 bits per heavy atom. The SMILES string of the molecule is CN=C(NCCC(F)(F)F)NC1CCc2nc(COC)nn2C1.I. The Labute approximate surface area is 155 Å². The minimum absolute atomic E-state index is 0. The van der Waals surface area contributed by atoms with E-state index in [0.29, 0.717) is 24.9 Å². The highest BCUT2D eigenvalue weighted by Gasteiger charge is 2.27. The molecule has 1 aromatic rings. The summed E-state index contributed by atoms with van der Waals surface area (Å²) >= 11 is 0. The first-order chi connectivity index (χ1) is 10.9. The summed E-state index contributed by atoms with van der Waals surface area (Å²) < 4.78 is 43.3.